The SMILES string of the molecule is COC(=O)c1ccc(C)c(NC(=O)CN2CCC[C@H]2c2ccc3c(c2)OCCCO3)c1. The number of methoxy groups -OCH3 is 1. The first-order valence-electron chi connectivity index (χ1n) is 10.7. The van der Waals surface area contributed by atoms with E-state index < -0.39 is 5.97 Å². The lowest BCUT2D eigenvalue weighted by Gasteiger charge is -2.25. The van der Waals surface area contributed by atoms with Crippen molar-refractivity contribution in [2.24, 2.45) is 0 Å². The maximum atomic E-state index is 12.8. The Morgan fingerprint density at radius 3 is 2.71 bits per heavy atom. The van der Waals surface area contributed by atoms with Crippen molar-refractivity contribution in [2.45, 2.75) is 32.2 Å². The zero-order valence-corrected chi connectivity index (χ0v) is 18.0. The van der Waals surface area contributed by atoms with Crippen LogP contribution in [0.4, 0.5) is 5.69 Å². The van der Waals surface area contributed by atoms with Crippen LogP contribution in [-0.2, 0) is 9.53 Å². The molecule has 2 aromatic carbocycles. The van der Waals surface area contributed by atoms with Crippen LogP contribution in [0, 0.1) is 6.92 Å². The third-order valence-corrected chi connectivity index (χ3v) is 5.80. The van der Waals surface area contributed by atoms with Gasteiger partial charge in [0.1, 0.15) is 0 Å². The van der Waals surface area contributed by atoms with Gasteiger partial charge in [-0.05, 0) is 61.7 Å². The molecule has 1 N–H and O–H groups in total. The van der Waals surface area contributed by atoms with Crippen molar-refractivity contribution in [1.82, 2.24) is 4.90 Å². The summed E-state index contributed by atoms with van der Waals surface area (Å²) in [6, 6.07) is 11.4. The van der Waals surface area contributed by atoms with Crippen molar-refractivity contribution < 1.29 is 23.8 Å². The molecule has 1 amide bonds. The van der Waals surface area contributed by atoms with Crippen molar-refractivity contribution in [3.63, 3.8) is 0 Å². The van der Waals surface area contributed by atoms with Crippen molar-refractivity contribution in [3.8, 4) is 11.5 Å². The Labute approximate surface area is 182 Å². The largest absolute Gasteiger partial charge is 0.490 e. The van der Waals surface area contributed by atoms with Crippen LogP contribution in [0.5, 0.6) is 11.5 Å². The standard InChI is InChI=1S/C24H28N2O5/c1-16-6-7-18(24(28)29-2)13-19(16)25-23(27)15-26-10-3-5-20(26)17-8-9-21-22(14-17)31-12-4-11-30-21/h6-9,13-14,20H,3-5,10-12,15H2,1-2H3,(H,25,27)/t20-/m0/s1. The molecular formula is C24H28N2O5. The van der Waals surface area contributed by atoms with Crippen LogP contribution in [0.2, 0.25) is 0 Å². The number of amides is 1. The topological polar surface area (TPSA) is 77.1 Å². The number of aryl methyl sites for hydroxylation is 1. The highest BCUT2D eigenvalue weighted by Gasteiger charge is 2.28. The Hall–Kier alpha value is -3.06. The first-order chi connectivity index (χ1) is 15.0. The highest BCUT2D eigenvalue weighted by Crippen LogP contribution is 2.37. The second-order valence-corrected chi connectivity index (χ2v) is 7.95. The molecule has 0 aromatic heterocycles. The third-order valence-electron chi connectivity index (χ3n) is 5.80. The Morgan fingerprint density at radius 1 is 1.10 bits per heavy atom. The summed E-state index contributed by atoms with van der Waals surface area (Å²) in [4.78, 5) is 26.8. The number of anilines is 1. The van der Waals surface area contributed by atoms with Gasteiger partial charge in [0.2, 0.25) is 5.91 Å². The fraction of sp³-hybridized carbons (Fsp3) is 0.417. The number of hydrogen-bond donors (Lipinski definition) is 1. The van der Waals surface area contributed by atoms with E-state index in [1.165, 1.54) is 7.11 Å². The molecule has 0 radical (unpaired) electrons. The molecule has 4 rings (SSSR count). The molecule has 164 valence electrons. The number of benzene rings is 2. The van der Waals surface area contributed by atoms with E-state index in [2.05, 4.69) is 16.3 Å². The zero-order chi connectivity index (χ0) is 21.8. The normalized spacial score (nSPS) is 18.3. The Balaban J connectivity index is 1.45. The summed E-state index contributed by atoms with van der Waals surface area (Å²) in [5, 5.41) is 2.95. The molecule has 2 heterocycles. The van der Waals surface area contributed by atoms with Gasteiger partial charge >= 0.3 is 5.97 Å². The van der Waals surface area contributed by atoms with Gasteiger partial charge in [-0.25, -0.2) is 4.79 Å². The minimum atomic E-state index is -0.426. The molecule has 1 fully saturated rings. The Bertz CT molecular complexity index is 974. The van der Waals surface area contributed by atoms with Gasteiger partial charge in [0.05, 0.1) is 32.4 Å². The van der Waals surface area contributed by atoms with Gasteiger partial charge in [-0.15, -0.1) is 0 Å². The molecule has 1 atom stereocenters. The number of likely N-dealkylation sites (tertiary alicyclic amines) is 1. The van der Waals surface area contributed by atoms with E-state index in [0.29, 0.717) is 24.5 Å². The van der Waals surface area contributed by atoms with Gasteiger partial charge in [-0.1, -0.05) is 12.1 Å². The summed E-state index contributed by atoms with van der Waals surface area (Å²) >= 11 is 0. The molecule has 0 spiro atoms. The van der Waals surface area contributed by atoms with E-state index in [4.69, 9.17) is 14.2 Å². The lowest BCUT2D eigenvalue weighted by molar-refractivity contribution is -0.117. The van der Waals surface area contributed by atoms with Gasteiger partial charge in [0, 0.05) is 18.2 Å². The monoisotopic (exact) mass is 424 g/mol. The summed E-state index contributed by atoms with van der Waals surface area (Å²) in [6.07, 6.45) is 2.89. The average molecular weight is 424 g/mol. The van der Waals surface area contributed by atoms with Crippen molar-refractivity contribution >= 4 is 17.6 Å². The maximum Gasteiger partial charge on any atom is 0.337 e. The molecule has 0 saturated carbocycles. The first-order valence-corrected chi connectivity index (χ1v) is 10.7. The molecule has 0 unspecified atom stereocenters. The minimum Gasteiger partial charge on any atom is -0.490 e. The molecular weight excluding hydrogens is 396 g/mol. The predicted molar refractivity (Wildman–Crippen MR) is 117 cm³/mol. The van der Waals surface area contributed by atoms with Crippen LogP contribution in [-0.4, -0.2) is 50.2 Å². The van der Waals surface area contributed by atoms with Gasteiger partial charge in [0.25, 0.3) is 0 Å². The van der Waals surface area contributed by atoms with E-state index in [1.54, 1.807) is 18.2 Å². The third kappa shape index (κ3) is 4.82. The number of nitrogens with one attached hydrogen (secondary N) is 1. The lowest BCUT2D eigenvalue weighted by atomic mass is 10.0. The van der Waals surface area contributed by atoms with Gasteiger partial charge in [0.15, 0.2) is 11.5 Å². The summed E-state index contributed by atoms with van der Waals surface area (Å²) in [7, 11) is 1.34. The smallest absolute Gasteiger partial charge is 0.337 e. The van der Waals surface area contributed by atoms with Crippen LogP contribution < -0.4 is 14.8 Å². The number of ether oxygens (including phenoxy) is 3. The summed E-state index contributed by atoms with van der Waals surface area (Å²) in [5.74, 6) is 1.03. The molecule has 2 aliphatic heterocycles. The van der Waals surface area contributed by atoms with Gasteiger partial charge in [-0.3, -0.25) is 9.69 Å². The maximum absolute atomic E-state index is 12.8. The highest BCUT2D eigenvalue weighted by molar-refractivity contribution is 5.96. The minimum absolute atomic E-state index is 0.105. The number of carbonyl (C=O) groups excluding carboxylic acids is 2. The van der Waals surface area contributed by atoms with E-state index in [0.717, 1.165) is 48.4 Å². The summed E-state index contributed by atoms with van der Waals surface area (Å²) in [6.45, 7) is 4.34. The number of nitrogens with zero attached hydrogens (tertiary/aromatic N) is 1. The molecule has 0 aliphatic carbocycles. The van der Waals surface area contributed by atoms with Crippen LogP contribution in [0.25, 0.3) is 0 Å². The average Bonchev–Trinajstić information content (AvgIpc) is 3.09. The van der Waals surface area contributed by atoms with Crippen molar-refractivity contribution in [3.05, 3.63) is 53.1 Å². The van der Waals surface area contributed by atoms with Gasteiger partial charge in [-0.2, -0.15) is 0 Å². The van der Waals surface area contributed by atoms with E-state index in [-0.39, 0.29) is 18.5 Å². The molecule has 7 heteroatoms. The number of fused-ring (bicyclic) bond motifs is 1. The Morgan fingerprint density at radius 2 is 1.90 bits per heavy atom. The van der Waals surface area contributed by atoms with Crippen molar-refractivity contribution in [2.75, 3.05) is 38.7 Å². The molecule has 7 nitrogen and oxygen atoms in total. The van der Waals surface area contributed by atoms with Crippen LogP contribution in [0.3, 0.4) is 0 Å². The number of carbonyl (C=O) groups is 2. The fourth-order valence-corrected chi connectivity index (χ4v) is 4.16. The number of esters is 1. The second kappa shape index (κ2) is 9.39. The van der Waals surface area contributed by atoms with E-state index >= 15 is 0 Å². The molecule has 31 heavy (non-hydrogen) atoms. The first kappa shape index (κ1) is 21.2. The Kier molecular flexibility index (Phi) is 6.42. The molecule has 2 aliphatic rings. The quantitative estimate of drug-likeness (QED) is 0.738. The zero-order valence-electron chi connectivity index (χ0n) is 18.0. The van der Waals surface area contributed by atoms with Crippen LogP contribution >= 0.6 is 0 Å². The van der Waals surface area contributed by atoms with E-state index in [1.807, 2.05) is 19.1 Å². The second-order valence-electron chi connectivity index (χ2n) is 7.95. The summed E-state index contributed by atoms with van der Waals surface area (Å²) in [5.41, 5.74) is 3.06. The fourth-order valence-electron chi connectivity index (χ4n) is 4.16. The molecule has 1 saturated heterocycles. The van der Waals surface area contributed by atoms with Crippen LogP contribution in [0.15, 0.2) is 36.4 Å². The van der Waals surface area contributed by atoms with E-state index in [9.17, 15) is 9.59 Å². The lowest BCUT2D eigenvalue weighted by Crippen LogP contribution is -2.33. The van der Waals surface area contributed by atoms with Crippen LogP contribution in [0.1, 0.15) is 46.8 Å². The highest BCUT2D eigenvalue weighted by atomic mass is 16.5. The number of rotatable bonds is 5. The molecule has 0 bridgehead atoms. The number of hydrogen-bond acceptors (Lipinski definition) is 6. The van der Waals surface area contributed by atoms with Gasteiger partial charge < -0.3 is 19.5 Å². The summed E-state index contributed by atoms with van der Waals surface area (Å²) < 4.78 is 16.3. The van der Waals surface area contributed by atoms with Crippen molar-refractivity contribution in [1.29, 1.82) is 0 Å². The predicted octanol–water partition coefficient (Wildman–Crippen LogP) is 3.72. The molecule has 2 aromatic rings.